The van der Waals surface area contributed by atoms with Crippen LogP contribution >= 0.6 is 11.3 Å². The molecular formula is C14H20N2O3S2. The Kier molecular flexibility index (Phi) is 5.21. The van der Waals surface area contributed by atoms with Gasteiger partial charge in [0.15, 0.2) is 0 Å². The minimum absolute atomic E-state index is 0.0451. The van der Waals surface area contributed by atoms with Crippen molar-refractivity contribution < 1.29 is 12.8 Å². The average Bonchev–Trinajstić information content (AvgIpc) is 3.03. The summed E-state index contributed by atoms with van der Waals surface area (Å²) in [6.45, 7) is 6.82. The van der Waals surface area contributed by atoms with E-state index >= 15 is 0 Å². The number of nitrogens with one attached hydrogen (secondary N) is 2. The third kappa shape index (κ3) is 4.67. The fraction of sp³-hybridized carbons (Fsp3) is 0.429. The second kappa shape index (κ2) is 6.74. The van der Waals surface area contributed by atoms with E-state index in [0.29, 0.717) is 18.3 Å². The predicted molar refractivity (Wildman–Crippen MR) is 83.8 cm³/mol. The third-order valence-electron chi connectivity index (χ3n) is 2.82. The highest BCUT2D eigenvalue weighted by Crippen LogP contribution is 2.17. The molecule has 0 aromatic carbocycles. The van der Waals surface area contributed by atoms with Gasteiger partial charge in [-0.25, -0.2) is 13.1 Å². The van der Waals surface area contributed by atoms with Crippen LogP contribution in [0.25, 0.3) is 0 Å². The van der Waals surface area contributed by atoms with Crippen LogP contribution in [0.4, 0.5) is 0 Å². The Morgan fingerprint density at radius 3 is 2.57 bits per heavy atom. The van der Waals surface area contributed by atoms with Crippen molar-refractivity contribution in [3.05, 3.63) is 39.8 Å². The second-order valence-corrected chi connectivity index (χ2v) is 8.16. The molecule has 0 saturated heterocycles. The molecule has 0 spiro atoms. The fourth-order valence-electron chi connectivity index (χ4n) is 1.72. The molecule has 0 unspecified atom stereocenters. The van der Waals surface area contributed by atoms with E-state index in [0.717, 1.165) is 9.75 Å². The molecule has 0 amide bonds. The van der Waals surface area contributed by atoms with E-state index in [-0.39, 0.29) is 11.6 Å². The van der Waals surface area contributed by atoms with Crippen molar-refractivity contribution in [2.24, 2.45) is 0 Å². The van der Waals surface area contributed by atoms with E-state index in [1.807, 2.05) is 32.9 Å². The Bertz CT molecular complexity index is 687. The number of sulfonamides is 1. The van der Waals surface area contributed by atoms with Gasteiger partial charge >= 0.3 is 0 Å². The molecule has 116 valence electrons. The maximum absolute atomic E-state index is 12.1. The van der Waals surface area contributed by atoms with E-state index in [4.69, 9.17) is 4.42 Å². The Hall–Kier alpha value is -1.15. The molecule has 0 bridgehead atoms. The van der Waals surface area contributed by atoms with E-state index in [2.05, 4.69) is 10.0 Å². The van der Waals surface area contributed by atoms with E-state index in [1.54, 1.807) is 17.4 Å². The Balaban J connectivity index is 1.99. The molecule has 0 radical (unpaired) electrons. The minimum atomic E-state index is -3.60. The molecule has 0 atom stereocenters. The van der Waals surface area contributed by atoms with Crippen LogP contribution in [0.1, 0.15) is 29.4 Å². The van der Waals surface area contributed by atoms with Gasteiger partial charge in [0, 0.05) is 22.3 Å². The largest absolute Gasteiger partial charge is 0.447 e. The fourth-order valence-corrected chi connectivity index (χ4v) is 3.59. The van der Waals surface area contributed by atoms with Crippen molar-refractivity contribution in [3.63, 3.8) is 0 Å². The first kappa shape index (κ1) is 16.2. The Labute approximate surface area is 129 Å². The second-order valence-electron chi connectivity index (χ2n) is 5.09. The van der Waals surface area contributed by atoms with Crippen LogP contribution in [-0.4, -0.2) is 14.5 Å². The van der Waals surface area contributed by atoms with Crippen molar-refractivity contribution in [3.8, 4) is 0 Å². The lowest BCUT2D eigenvalue weighted by molar-refractivity contribution is 0.393. The van der Waals surface area contributed by atoms with Gasteiger partial charge in [-0.2, -0.15) is 0 Å². The predicted octanol–water partition coefficient (Wildman–Crippen LogP) is 2.63. The molecule has 0 saturated carbocycles. The lowest BCUT2D eigenvalue weighted by Crippen LogP contribution is -2.22. The molecule has 7 heteroatoms. The first-order chi connectivity index (χ1) is 9.87. The van der Waals surface area contributed by atoms with E-state index < -0.39 is 10.0 Å². The van der Waals surface area contributed by atoms with Gasteiger partial charge in [-0.1, -0.05) is 13.8 Å². The molecule has 5 nitrogen and oxygen atoms in total. The normalized spacial score (nSPS) is 12.2. The first-order valence-electron chi connectivity index (χ1n) is 6.74. The van der Waals surface area contributed by atoms with Crippen molar-refractivity contribution in [1.82, 2.24) is 10.0 Å². The van der Waals surface area contributed by atoms with Crippen LogP contribution in [0.5, 0.6) is 0 Å². The summed E-state index contributed by atoms with van der Waals surface area (Å²) in [6.07, 6.45) is 0. The molecule has 0 aliphatic carbocycles. The molecule has 2 aromatic heterocycles. The molecule has 2 aromatic rings. The topological polar surface area (TPSA) is 71.3 Å². The number of furan rings is 1. The monoisotopic (exact) mass is 328 g/mol. The lowest BCUT2D eigenvalue weighted by Gasteiger charge is -2.05. The first-order valence-corrected chi connectivity index (χ1v) is 9.04. The highest BCUT2D eigenvalue weighted by molar-refractivity contribution is 7.89. The molecule has 0 aliphatic rings. The molecule has 0 fully saturated rings. The Morgan fingerprint density at radius 2 is 1.95 bits per heavy atom. The van der Waals surface area contributed by atoms with Gasteiger partial charge in [0.2, 0.25) is 5.09 Å². The lowest BCUT2D eigenvalue weighted by atomic mass is 10.3. The highest BCUT2D eigenvalue weighted by atomic mass is 32.2. The molecule has 2 heterocycles. The third-order valence-corrected chi connectivity index (χ3v) is 5.09. The minimum Gasteiger partial charge on any atom is -0.447 e. The van der Waals surface area contributed by atoms with Gasteiger partial charge < -0.3 is 9.73 Å². The average molecular weight is 328 g/mol. The molecule has 2 N–H and O–H groups in total. The van der Waals surface area contributed by atoms with Gasteiger partial charge in [-0.15, -0.1) is 11.3 Å². The van der Waals surface area contributed by atoms with Gasteiger partial charge in [0.05, 0.1) is 6.54 Å². The maximum atomic E-state index is 12.1. The molecule has 21 heavy (non-hydrogen) atoms. The summed E-state index contributed by atoms with van der Waals surface area (Å²) in [5.74, 6) is 0.607. The van der Waals surface area contributed by atoms with Crippen LogP contribution in [0.3, 0.4) is 0 Å². The number of thiophene rings is 1. The van der Waals surface area contributed by atoms with Crippen LogP contribution < -0.4 is 10.0 Å². The van der Waals surface area contributed by atoms with Crippen molar-refractivity contribution in [2.75, 3.05) is 0 Å². The van der Waals surface area contributed by atoms with E-state index in [1.165, 1.54) is 6.07 Å². The summed E-state index contributed by atoms with van der Waals surface area (Å²) < 4.78 is 32.2. The van der Waals surface area contributed by atoms with Crippen LogP contribution in [0.2, 0.25) is 0 Å². The van der Waals surface area contributed by atoms with Crippen molar-refractivity contribution >= 4 is 21.4 Å². The van der Waals surface area contributed by atoms with E-state index in [9.17, 15) is 8.42 Å². The van der Waals surface area contributed by atoms with Crippen LogP contribution in [0, 0.1) is 6.92 Å². The quantitative estimate of drug-likeness (QED) is 0.819. The van der Waals surface area contributed by atoms with Gasteiger partial charge in [0.1, 0.15) is 5.76 Å². The SMILES string of the molecule is Cc1ccc(CNS(=O)(=O)c2ccc(CNC(C)C)o2)s1. The van der Waals surface area contributed by atoms with Crippen LogP contribution in [-0.2, 0) is 23.1 Å². The molecule has 0 aliphatic heterocycles. The summed E-state index contributed by atoms with van der Waals surface area (Å²) in [4.78, 5) is 2.13. The number of aryl methyl sites for hydroxylation is 1. The summed E-state index contributed by atoms with van der Waals surface area (Å²) >= 11 is 1.57. The van der Waals surface area contributed by atoms with Gasteiger partial charge in [0.25, 0.3) is 10.0 Å². The maximum Gasteiger partial charge on any atom is 0.274 e. The number of hydrogen-bond acceptors (Lipinski definition) is 5. The van der Waals surface area contributed by atoms with Gasteiger partial charge in [-0.05, 0) is 31.2 Å². The zero-order valence-corrected chi connectivity index (χ0v) is 14.0. The summed E-state index contributed by atoms with van der Waals surface area (Å²) in [6, 6.07) is 7.37. The van der Waals surface area contributed by atoms with Crippen LogP contribution in [0.15, 0.2) is 33.8 Å². The molecular weight excluding hydrogens is 308 g/mol. The summed E-state index contributed by atoms with van der Waals surface area (Å²) in [7, 11) is -3.60. The standard InChI is InChI=1S/C14H20N2O3S2/c1-10(2)15-8-12-5-7-14(19-12)21(17,18)16-9-13-6-4-11(3)20-13/h4-7,10,15-16H,8-9H2,1-3H3. The smallest absolute Gasteiger partial charge is 0.274 e. The Morgan fingerprint density at radius 1 is 1.19 bits per heavy atom. The van der Waals surface area contributed by atoms with Crippen molar-refractivity contribution in [2.45, 2.75) is 45.0 Å². The van der Waals surface area contributed by atoms with Gasteiger partial charge in [-0.3, -0.25) is 0 Å². The number of hydrogen-bond donors (Lipinski definition) is 2. The van der Waals surface area contributed by atoms with Crippen molar-refractivity contribution in [1.29, 1.82) is 0 Å². The summed E-state index contributed by atoms with van der Waals surface area (Å²) in [5.41, 5.74) is 0. The zero-order valence-electron chi connectivity index (χ0n) is 12.3. The number of rotatable bonds is 7. The molecule has 2 rings (SSSR count). The zero-order chi connectivity index (χ0) is 15.5. The highest BCUT2D eigenvalue weighted by Gasteiger charge is 2.18. The summed E-state index contributed by atoms with van der Waals surface area (Å²) in [5, 5.41) is 3.13.